The van der Waals surface area contributed by atoms with Crippen LogP contribution in [0.2, 0.25) is 0 Å². The van der Waals surface area contributed by atoms with Crippen LogP contribution in [0.5, 0.6) is 0 Å². The number of amides is 2. The predicted molar refractivity (Wildman–Crippen MR) is 77.9 cm³/mol. The number of rotatable bonds is 9. The summed E-state index contributed by atoms with van der Waals surface area (Å²) in [6.45, 7) is 6.13. The molecule has 2 atom stereocenters. The summed E-state index contributed by atoms with van der Waals surface area (Å²) in [4.78, 5) is 33.7. The van der Waals surface area contributed by atoms with Crippen LogP contribution in [0.25, 0.3) is 0 Å². The van der Waals surface area contributed by atoms with Crippen molar-refractivity contribution in [1.29, 1.82) is 0 Å². The highest BCUT2D eigenvalue weighted by atomic mass is 16.5. The van der Waals surface area contributed by atoms with Crippen LogP contribution in [0, 0.1) is 5.92 Å². The summed E-state index contributed by atoms with van der Waals surface area (Å²) in [5, 5.41) is 13.9. The molecule has 7 nitrogen and oxygen atoms in total. The van der Waals surface area contributed by atoms with Gasteiger partial charge in [0.2, 0.25) is 0 Å². The Kier molecular flexibility index (Phi) is 9.16. The Morgan fingerprint density at radius 2 is 1.71 bits per heavy atom. The fourth-order valence-corrected chi connectivity index (χ4v) is 1.78. The molecule has 0 aromatic carbocycles. The van der Waals surface area contributed by atoms with E-state index in [0.29, 0.717) is 5.92 Å². The number of carboxylic acids is 1. The van der Waals surface area contributed by atoms with E-state index < -0.39 is 30.4 Å². The van der Waals surface area contributed by atoms with Gasteiger partial charge in [-0.25, -0.2) is 9.59 Å². The van der Waals surface area contributed by atoms with E-state index in [1.54, 1.807) is 0 Å². The molecular weight excluding hydrogens is 276 g/mol. The molecule has 7 heteroatoms. The van der Waals surface area contributed by atoms with Gasteiger partial charge in [0.25, 0.3) is 0 Å². The van der Waals surface area contributed by atoms with E-state index in [0.717, 1.165) is 26.4 Å². The Bertz CT molecular complexity index is 357. The summed E-state index contributed by atoms with van der Waals surface area (Å²) < 4.78 is 4.40. The van der Waals surface area contributed by atoms with Crippen LogP contribution >= 0.6 is 0 Å². The third-order valence-electron chi connectivity index (χ3n) is 3.00. The van der Waals surface area contributed by atoms with Gasteiger partial charge >= 0.3 is 18.0 Å². The highest BCUT2D eigenvalue weighted by molar-refractivity contribution is 5.86. The molecule has 0 aromatic heterocycles. The normalized spacial score (nSPS) is 13.4. The second-order valence-corrected chi connectivity index (χ2v) is 5.51. The molecule has 0 radical (unpaired) electrons. The Morgan fingerprint density at radius 3 is 2.19 bits per heavy atom. The molecule has 0 spiro atoms. The second kappa shape index (κ2) is 10.0. The van der Waals surface area contributed by atoms with Gasteiger partial charge in [-0.05, 0) is 19.3 Å². The standard InChI is InChI=1S/C14H26N2O5/c1-9(2)6-5-7-10(3)15-14(20)16-11(13(18)19)8-12(17)21-4/h9-11H,5-8H2,1-4H3,(H,18,19)(H2,15,16,20)/t10?,11-/m0/s1. The first-order valence-electron chi connectivity index (χ1n) is 7.12. The first kappa shape index (κ1) is 19.2. The van der Waals surface area contributed by atoms with Crippen molar-refractivity contribution in [2.45, 2.75) is 58.5 Å². The quantitative estimate of drug-likeness (QED) is 0.560. The molecule has 1 unspecified atom stereocenters. The van der Waals surface area contributed by atoms with E-state index in [1.165, 1.54) is 0 Å². The highest BCUT2D eigenvalue weighted by Crippen LogP contribution is 2.08. The summed E-state index contributed by atoms with van der Waals surface area (Å²) in [6, 6.07) is -1.94. The van der Waals surface area contributed by atoms with Crippen molar-refractivity contribution < 1.29 is 24.2 Å². The molecule has 21 heavy (non-hydrogen) atoms. The predicted octanol–water partition coefficient (Wildman–Crippen LogP) is 1.52. The largest absolute Gasteiger partial charge is 0.480 e. The summed E-state index contributed by atoms with van der Waals surface area (Å²) in [6.07, 6.45) is 2.48. The van der Waals surface area contributed by atoms with E-state index in [4.69, 9.17) is 5.11 Å². The van der Waals surface area contributed by atoms with Crippen LogP contribution < -0.4 is 10.6 Å². The Morgan fingerprint density at radius 1 is 1.10 bits per heavy atom. The lowest BCUT2D eigenvalue weighted by Crippen LogP contribution is -2.49. The SMILES string of the molecule is COC(=O)C[C@H](NC(=O)NC(C)CCCC(C)C)C(=O)O. The number of carboxylic acid groups (broad SMARTS) is 1. The summed E-state index contributed by atoms with van der Waals surface area (Å²) in [5.74, 6) is -1.35. The fourth-order valence-electron chi connectivity index (χ4n) is 1.78. The van der Waals surface area contributed by atoms with Gasteiger partial charge in [-0.15, -0.1) is 0 Å². The zero-order chi connectivity index (χ0) is 16.4. The molecule has 2 amide bonds. The number of hydrogen-bond donors (Lipinski definition) is 3. The minimum Gasteiger partial charge on any atom is -0.480 e. The molecule has 0 heterocycles. The number of urea groups is 1. The molecule has 0 saturated carbocycles. The summed E-state index contributed by atoms with van der Waals surface area (Å²) in [5.41, 5.74) is 0. The van der Waals surface area contributed by atoms with Crippen molar-refractivity contribution in [3.8, 4) is 0 Å². The lowest BCUT2D eigenvalue weighted by atomic mass is 10.0. The molecule has 3 N–H and O–H groups in total. The lowest BCUT2D eigenvalue weighted by Gasteiger charge is -2.18. The molecule has 0 bridgehead atoms. The molecule has 0 rings (SSSR count). The topological polar surface area (TPSA) is 105 Å². The van der Waals surface area contributed by atoms with E-state index in [1.807, 2.05) is 6.92 Å². The van der Waals surface area contributed by atoms with Crippen LogP contribution in [-0.4, -0.2) is 42.3 Å². The van der Waals surface area contributed by atoms with E-state index in [-0.39, 0.29) is 6.04 Å². The van der Waals surface area contributed by atoms with Gasteiger partial charge in [-0.2, -0.15) is 0 Å². The first-order valence-corrected chi connectivity index (χ1v) is 7.12. The van der Waals surface area contributed by atoms with Gasteiger partial charge < -0.3 is 20.5 Å². The first-order chi connectivity index (χ1) is 9.76. The van der Waals surface area contributed by atoms with Crippen LogP contribution in [0.15, 0.2) is 0 Å². The number of methoxy groups -OCH3 is 1. The monoisotopic (exact) mass is 302 g/mol. The maximum Gasteiger partial charge on any atom is 0.326 e. The van der Waals surface area contributed by atoms with E-state index >= 15 is 0 Å². The smallest absolute Gasteiger partial charge is 0.326 e. The number of aliphatic carboxylic acids is 1. The molecular formula is C14H26N2O5. The van der Waals surface area contributed by atoms with Crippen molar-refractivity contribution in [2.75, 3.05) is 7.11 Å². The molecule has 0 aliphatic heterocycles. The number of hydrogen-bond acceptors (Lipinski definition) is 4. The Labute approximate surface area is 125 Å². The highest BCUT2D eigenvalue weighted by Gasteiger charge is 2.24. The zero-order valence-electron chi connectivity index (χ0n) is 13.1. The third kappa shape index (κ3) is 9.70. The minimum atomic E-state index is -1.29. The van der Waals surface area contributed by atoms with Gasteiger partial charge in [0, 0.05) is 6.04 Å². The Balaban J connectivity index is 4.18. The van der Waals surface area contributed by atoms with Crippen molar-refractivity contribution in [2.24, 2.45) is 5.92 Å². The van der Waals surface area contributed by atoms with Crippen LogP contribution in [0.4, 0.5) is 4.79 Å². The maximum atomic E-state index is 11.7. The summed E-state index contributed by atoms with van der Waals surface area (Å²) >= 11 is 0. The van der Waals surface area contributed by atoms with Crippen molar-refractivity contribution >= 4 is 18.0 Å². The average molecular weight is 302 g/mol. The molecule has 122 valence electrons. The Hall–Kier alpha value is -1.79. The number of carbonyl (C=O) groups excluding carboxylic acids is 2. The van der Waals surface area contributed by atoms with E-state index in [2.05, 4.69) is 29.2 Å². The fraction of sp³-hybridized carbons (Fsp3) is 0.786. The van der Waals surface area contributed by atoms with Gasteiger partial charge in [-0.1, -0.05) is 26.7 Å². The molecule has 0 saturated heterocycles. The van der Waals surface area contributed by atoms with Crippen molar-refractivity contribution in [3.05, 3.63) is 0 Å². The van der Waals surface area contributed by atoms with Crippen molar-refractivity contribution in [1.82, 2.24) is 10.6 Å². The lowest BCUT2D eigenvalue weighted by molar-refractivity contribution is -0.147. The van der Waals surface area contributed by atoms with Gasteiger partial charge in [0.15, 0.2) is 0 Å². The van der Waals surface area contributed by atoms with Gasteiger partial charge in [0.1, 0.15) is 6.04 Å². The van der Waals surface area contributed by atoms with E-state index in [9.17, 15) is 14.4 Å². The van der Waals surface area contributed by atoms with Crippen LogP contribution in [0.1, 0.15) is 46.5 Å². The number of esters is 1. The average Bonchev–Trinajstić information content (AvgIpc) is 2.36. The summed E-state index contributed by atoms with van der Waals surface area (Å²) in [7, 11) is 1.16. The number of ether oxygens (including phenoxy) is 1. The van der Waals surface area contributed by atoms with Crippen LogP contribution in [-0.2, 0) is 14.3 Å². The van der Waals surface area contributed by atoms with Crippen LogP contribution in [0.3, 0.4) is 0 Å². The second-order valence-electron chi connectivity index (χ2n) is 5.51. The zero-order valence-corrected chi connectivity index (χ0v) is 13.1. The third-order valence-corrected chi connectivity index (χ3v) is 3.00. The molecule has 0 fully saturated rings. The molecule has 0 aromatic rings. The number of nitrogens with one attached hydrogen (secondary N) is 2. The maximum absolute atomic E-state index is 11.7. The molecule has 0 aliphatic rings. The minimum absolute atomic E-state index is 0.0590. The van der Waals surface area contributed by atoms with Gasteiger partial charge in [-0.3, -0.25) is 4.79 Å². The van der Waals surface area contributed by atoms with Gasteiger partial charge in [0.05, 0.1) is 13.5 Å². The molecule has 0 aliphatic carbocycles. The number of carbonyl (C=O) groups is 3. The van der Waals surface area contributed by atoms with Crippen molar-refractivity contribution in [3.63, 3.8) is 0 Å².